The zero-order valence-electron chi connectivity index (χ0n) is 6.23. The molecule has 0 atom stereocenters. The van der Waals surface area contributed by atoms with Gasteiger partial charge in [0.05, 0.1) is 6.61 Å². The van der Waals surface area contributed by atoms with Crippen LogP contribution in [-0.4, -0.2) is 6.61 Å². The molecule has 0 heterocycles. The van der Waals surface area contributed by atoms with Gasteiger partial charge in [-0.1, -0.05) is 26.7 Å². The topological polar surface area (TPSA) is 9.23 Å². The van der Waals surface area contributed by atoms with Crippen molar-refractivity contribution in [2.24, 2.45) is 0 Å². The number of ether oxygens (including phenoxy) is 1. The molecule has 0 aromatic carbocycles. The molecule has 54 valence electrons. The van der Waals surface area contributed by atoms with Gasteiger partial charge in [0.2, 0.25) is 0 Å². The molecule has 0 aliphatic carbocycles. The molecule has 2 radical (unpaired) electrons. The number of rotatable bonds is 6. The van der Waals surface area contributed by atoms with Crippen LogP contribution in [0.5, 0.6) is 0 Å². The van der Waals surface area contributed by atoms with Crippen molar-refractivity contribution in [3.8, 4) is 0 Å². The maximum atomic E-state index is 5.15. The summed E-state index contributed by atoms with van der Waals surface area (Å²) >= 11 is 0. The highest BCUT2D eigenvalue weighted by atomic mass is 16.5. The molecule has 0 N–H and O–H groups in total. The number of hydrogen-bond acceptors (Lipinski definition) is 1. The summed E-state index contributed by atoms with van der Waals surface area (Å²) in [5.74, 6) is 0. The summed E-state index contributed by atoms with van der Waals surface area (Å²) in [6.07, 6.45) is 4.28. The molecule has 1 nitrogen and oxygen atoms in total. The minimum atomic E-state index is 0.872. The Balaban J connectivity index is 2.60. The molecular formula is C8H16O. The molecular weight excluding hydrogens is 112 g/mol. The van der Waals surface area contributed by atoms with E-state index in [1.807, 2.05) is 6.61 Å². The first-order chi connectivity index (χ1) is 4.41. The molecule has 0 amide bonds. The zero-order valence-corrected chi connectivity index (χ0v) is 6.23. The van der Waals surface area contributed by atoms with Crippen LogP contribution in [0.1, 0.15) is 32.6 Å². The Bertz CT molecular complexity index is 37.8. The van der Waals surface area contributed by atoms with E-state index < -0.39 is 0 Å². The molecule has 0 aliphatic heterocycles. The highest BCUT2D eigenvalue weighted by Gasteiger charge is 1.85. The van der Waals surface area contributed by atoms with Gasteiger partial charge >= 0.3 is 0 Å². The van der Waals surface area contributed by atoms with Gasteiger partial charge in [-0.3, -0.25) is 0 Å². The molecule has 1 heteroatoms. The molecule has 0 unspecified atom stereocenters. The normalized spacial score (nSPS) is 10.0. The monoisotopic (exact) mass is 128 g/mol. The van der Waals surface area contributed by atoms with Crippen molar-refractivity contribution in [2.45, 2.75) is 32.6 Å². The zero-order chi connectivity index (χ0) is 6.95. The fourth-order valence-electron chi connectivity index (χ4n) is 0.478. The summed E-state index contributed by atoms with van der Waals surface area (Å²) in [6, 6.07) is 0. The van der Waals surface area contributed by atoms with Gasteiger partial charge in [-0.05, 0) is 12.8 Å². The van der Waals surface area contributed by atoms with Crippen LogP contribution in [0.3, 0.4) is 0 Å². The number of unbranched alkanes of at least 4 members (excludes halogenated alkanes) is 2. The van der Waals surface area contributed by atoms with E-state index in [0.717, 1.165) is 25.9 Å². The first-order valence-corrected chi connectivity index (χ1v) is 3.64. The summed E-state index contributed by atoms with van der Waals surface area (Å²) in [5.41, 5.74) is 0. The Morgan fingerprint density at radius 2 is 2.33 bits per heavy atom. The third-order valence-electron chi connectivity index (χ3n) is 1.06. The second-order valence-corrected chi connectivity index (χ2v) is 2.03. The van der Waals surface area contributed by atoms with Crippen molar-refractivity contribution < 1.29 is 4.74 Å². The molecule has 0 saturated carbocycles. The molecule has 0 rings (SSSR count). The predicted octanol–water partition coefficient (Wildman–Crippen LogP) is 2.58. The summed E-state index contributed by atoms with van der Waals surface area (Å²) in [5, 5.41) is 0. The predicted molar refractivity (Wildman–Crippen MR) is 39.8 cm³/mol. The van der Waals surface area contributed by atoms with E-state index in [0.29, 0.717) is 0 Å². The molecule has 9 heavy (non-hydrogen) atoms. The van der Waals surface area contributed by atoms with Crippen LogP contribution in [0.2, 0.25) is 0 Å². The quantitative estimate of drug-likeness (QED) is 0.499. The van der Waals surface area contributed by atoms with Gasteiger partial charge in [-0.15, -0.1) is 0 Å². The van der Waals surface area contributed by atoms with Crippen molar-refractivity contribution in [3.63, 3.8) is 0 Å². The Morgan fingerprint density at radius 1 is 1.56 bits per heavy atom. The molecule has 0 bridgehead atoms. The van der Waals surface area contributed by atoms with E-state index in [9.17, 15) is 0 Å². The van der Waals surface area contributed by atoms with Crippen LogP contribution < -0.4 is 0 Å². The van der Waals surface area contributed by atoms with Crippen LogP contribution in [-0.2, 0) is 4.74 Å². The average Bonchev–Trinajstić information content (AvgIpc) is 1.89. The maximum Gasteiger partial charge on any atom is 0.0836 e. The SMILES string of the molecule is [CH2]CC[CH]OCCCC. The van der Waals surface area contributed by atoms with Crippen molar-refractivity contribution in [2.75, 3.05) is 6.61 Å². The standard InChI is InChI=1S/C8H16O/c1-3-5-7-9-8-6-4-2/h7H,1,3-6,8H2,2H3. The van der Waals surface area contributed by atoms with Gasteiger partial charge in [-0.25, -0.2) is 0 Å². The molecule has 0 spiro atoms. The van der Waals surface area contributed by atoms with Crippen LogP contribution in [0.15, 0.2) is 0 Å². The Morgan fingerprint density at radius 3 is 2.89 bits per heavy atom. The number of hydrogen-bond donors (Lipinski definition) is 0. The van der Waals surface area contributed by atoms with Gasteiger partial charge in [0, 0.05) is 6.61 Å². The molecule has 0 aromatic heterocycles. The van der Waals surface area contributed by atoms with Crippen molar-refractivity contribution >= 4 is 0 Å². The molecule has 0 fully saturated rings. The lowest BCUT2D eigenvalue weighted by atomic mass is 10.3. The average molecular weight is 128 g/mol. The van der Waals surface area contributed by atoms with Gasteiger partial charge in [-0.2, -0.15) is 0 Å². The van der Waals surface area contributed by atoms with Gasteiger partial charge in [0.25, 0.3) is 0 Å². The minimum absolute atomic E-state index is 0.872. The summed E-state index contributed by atoms with van der Waals surface area (Å²) < 4.78 is 5.15. The van der Waals surface area contributed by atoms with E-state index in [-0.39, 0.29) is 0 Å². The Labute approximate surface area is 58.4 Å². The van der Waals surface area contributed by atoms with Crippen LogP contribution >= 0.6 is 0 Å². The Hall–Kier alpha value is -0.0400. The second-order valence-electron chi connectivity index (χ2n) is 2.03. The highest BCUT2D eigenvalue weighted by Crippen LogP contribution is 1.95. The second kappa shape index (κ2) is 7.96. The molecule has 0 aliphatic rings. The lowest BCUT2D eigenvalue weighted by Gasteiger charge is -1.98. The fourth-order valence-corrected chi connectivity index (χ4v) is 0.478. The van der Waals surface area contributed by atoms with E-state index in [2.05, 4.69) is 13.8 Å². The van der Waals surface area contributed by atoms with Crippen LogP contribution in [0.4, 0.5) is 0 Å². The van der Waals surface area contributed by atoms with Crippen molar-refractivity contribution in [3.05, 3.63) is 13.5 Å². The minimum Gasteiger partial charge on any atom is -0.376 e. The fraction of sp³-hybridized carbons (Fsp3) is 0.750. The summed E-state index contributed by atoms with van der Waals surface area (Å²) in [6.45, 7) is 8.57. The lowest BCUT2D eigenvalue weighted by Crippen LogP contribution is -1.89. The molecule has 0 aromatic rings. The van der Waals surface area contributed by atoms with Crippen molar-refractivity contribution in [1.29, 1.82) is 0 Å². The van der Waals surface area contributed by atoms with E-state index in [1.54, 1.807) is 0 Å². The van der Waals surface area contributed by atoms with Crippen molar-refractivity contribution in [1.82, 2.24) is 0 Å². The summed E-state index contributed by atoms with van der Waals surface area (Å²) in [4.78, 5) is 0. The third-order valence-corrected chi connectivity index (χ3v) is 1.06. The largest absolute Gasteiger partial charge is 0.376 e. The van der Waals surface area contributed by atoms with E-state index in [1.165, 1.54) is 6.42 Å². The van der Waals surface area contributed by atoms with Crippen LogP contribution in [0, 0.1) is 13.5 Å². The van der Waals surface area contributed by atoms with Gasteiger partial charge in [0.1, 0.15) is 0 Å². The maximum absolute atomic E-state index is 5.15. The highest BCUT2D eigenvalue weighted by molar-refractivity contribution is 4.51. The first kappa shape index (κ1) is 8.96. The smallest absolute Gasteiger partial charge is 0.0836 e. The Kier molecular flexibility index (Phi) is 7.92. The van der Waals surface area contributed by atoms with Gasteiger partial charge < -0.3 is 4.74 Å². The molecule has 0 saturated heterocycles. The first-order valence-electron chi connectivity index (χ1n) is 3.64. The third kappa shape index (κ3) is 7.96. The van der Waals surface area contributed by atoms with Crippen LogP contribution in [0.25, 0.3) is 0 Å². The van der Waals surface area contributed by atoms with E-state index in [4.69, 9.17) is 4.74 Å². The lowest BCUT2D eigenvalue weighted by molar-refractivity contribution is 0.188. The van der Waals surface area contributed by atoms with E-state index >= 15 is 0 Å². The summed E-state index contributed by atoms with van der Waals surface area (Å²) in [7, 11) is 0. The van der Waals surface area contributed by atoms with Gasteiger partial charge in [0.15, 0.2) is 0 Å².